The number of ether oxygens (including phenoxy) is 1. The van der Waals surface area contributed by atoms with Gasteiger partial charge in [0.15, 0.2) is 0 Å². The second-order valence-electron chi connectivity index (χ2n) is 3.56. The average molecular weight is 191 g/mol. The first-order valence-corrected chi connectivity index (χ1v) is 4.78. The molecular weight excluding hydrogens is 180 g/mol. The van der Waals surface area contributed by atoms with E-state index in [-0.39, 0.29) is 6.32 Å². The summed E-state index contributed by atoms with van der Waals surface area (Å²) in [7, 11) is 5.31. The largest absolute Gasteiger partial charge is 0.477 e. The zero-order valence-corrected chi connectivity index (χ0v) is 7.87. The fourth-order valence-corrected chi connectivity index (χ4v) is 1.17. The van der Waals surface area contributed by atoms with E-state index in [4.69, 9.17) is 12.6 Å². The zero-order valence-electron chi connectivity index (χ0n) is 7.87. The fraction of sp³-hybridized carbons (Fsp3) is 0.500. The van der Waals surface area contributed by atoms with Gasteiger partial charge in [-0.3, -0.25) is 0 Å². The first-order valence-electron chi connectivity index (χ1n) is 4.78. The highest BCUT2D eigenvalue weighted by molar-refractivity contribution is 6.08. The van der Waals surface area contributed by atoms with Gasteiger partial charge in [0, 0.05) is 6.07 Å². The van der Waals surface area contributed by atoms with Crippen molar-refractivity contribution < 1.29 is 9.13 Å². The van der Waals surface area contributed by atoms with Crippen molar-refractivity contribution >= 4 is 7.85 Å². The lowest BCUT2D eigenvalue weighted by molar-refractivity contribution is 0.284. The molecule has 0 bridgehead atoms. The van der Waals surface area contributed by atoms with Crippen molar-refractivity contribution in [2.75, 3.05) is 6.61 Å². The lowest BCUT2D eigenvalue weighted by Gasteiger charge is -2.05. The van der Waals surface area contributed by atoms with Gasteiger partial charge in [-0.15, -0.1) is 0 Å². The van der Waals surface area contributed by atoms with Gasteiger partial charge in [0.2, 0.25) is 11.8 Å². The Morgan fingerprint density at radius 1 is 1.50 bits per heavy atom. The maximum atomic E-state index is 13.1. The molecule has 2 radical (unpaired) electrons. The van der Waals surface area contributed by atoms with Gasteiger partial charge in [-0.05, 0) is 30.4 Å². The van der Waals surface area contributed by atoms with Crippen LogP contribution in [0.1, 0.15) is 18.4 Å². The predicted octanol–water partition coefficient (Wildman–Crippen LogP) is 1.68. The summed E-state index contributed by atoms with van der Waals surface area (Å²) in [4.78, 5) is 3.67. The summed E-state index contributed by atoms with van der Waals surface area (Å²) in [5, 5.41) is 0. The molecule has 0 unspecified atom stereocenters. The Morgan fingerprint density at radius 2 is 2.29 bits per heavy atom. The highest BCUT2D eigenvalue weighted by Crippen LogP contribution is 2.29. The molecule has 2 rings (SSSR count). The smallest absolute Gasteiger partial charge is 0.218 e. The third kappa shape index (κ3) is 2.25. The van der Waals surface area contributed by atoms with Crippen molar-refractivity contribution in [2.45, 2.75) is 19.2 Å². The molecule has 2 nitrogen and oxygen atoms in total. The van der Waals surface area contributed by atoms with Gasteiger partial charge in [-0.1, -0.05) is 6.32 Å². The number of hydrogen-bond acceptors (Lipinski definition) is 2. The highest BCUT2D eigenvalue weighted by atomic mass is 19.1. The van der Waals surface area contributed by atoms with Crippen molar-refractivity contribution in [2.24, 2.45) is 5.92 Å². The monoisotopic (exact) mass is 191 g/mol. The summed E-state index contributed by atoms with van der Waals surface area (Å²) in [5.41, 5.74) is 0.420. The minimum Gasteiger partial charge on any atom is -0.477 e. The first-order chi connectivity index (χ1) is 6.79. The number of pyridine rings is 1. The summed E-state index contributed by atoms with van der Waals surface area (Å²) >= 11 is 0. The summed E-state index contributed by atoms with van der Waals surface area (Å²) in [6.07, 6.45) is 2.59. The van der Waals surface area contributed by atoms with Gasteiger partial charge in [0.1, 0.15) is 0 Å². The molecular formula is C10H11BFNO. The summed E-state index contributed by atoms with van der Waals surface area (Å²) in [5.74, 6) is 0.474. The van der Waals surface area contributed by atoms with E-state index in [1.54, 1.807) is 12.1 Å². The van der Waals surface area contributed by atoms with E-state index in [2.05, 4.69) is 4.98 Å². The standard InChI is InChI=1S/C10H11BFNO/c11-5-8-3-4-9(13-10(8)12)14-6-7-1-2-7/h3-4,7H,1-2,5-6H2. The summed E-state index contributed by atoms with van der Waals surface area (Å²) in [6, 6.07) is 3.28. The number of halogens is 1. The zero-order chi connectivity index (χ0) is 9.97. The van der Waals surface area contributed by atoms with E-state index in [0.29, 0.717) is 24.0 Å². The van der Waals surface area contributed by atoms with E-state index in [0.717, 1.165) is 0 Å². The fourth-order valence-electron chi connectivity index (χ4n) is 1.17. The Morgan fingerprint density at radius 3 is 2.86 bits per heavy atom. The SMILES string of the molecule is [B]Cc1ccc(OCC2CC2)nc1F. The average Bonchev–Trinajstić information content (AvgIpc) is 2.98. The van der Waals surface area contributed by atoms with Crippen LogP contribution >= 0.6 is 0 Å². The Balaban J connectivity index is 1.99. The van der Waals surface area contributed by atoms with Crippen LogP contribution in [0.5, 0.6) is 5.88 Å². The number of hydrogen-bond donors (Lipinski definition) is 0. The van der Waals surface area contributed by atoms with E-state index in [1.807, 2.05) is 0 Å². The molecule has 1 aliphatic carbocycles. The number of nitrogens with zero attached hydrogens (tertiary/aromatic N) is 1. The highest BCUT2D eigenvalue weighted by Gasteiger charge is 2.22. The molecule has 14 heavy (non-hydrogen) atoms. The van der Waals surface area contributed by atoms with Crippen LogP contribution in [0, 0.1) is 11.9 Å². The molecule has 0 spiro atoms. The van der Waals surface area contributed by atoms with E-state index < -0.39 is 5.95 Å². The molecule has 0 aromatic carbocycles. The van der Waals surface area contributed by atoms with Crippen LogP contribution in [0.3, 0.4) is 0 Å². The van der Waals surface area contributed by atoms with Crippen molar-refractivity contribution in [3.05, 3.63) is 23.6 Å². The molecule has 0 aliphatic heterocycles. The number of rotatable bonds is 4. The summed E-state index contributed by atoms with van der Waals surface area (Å²) in [6.45, 7) is 0.647. The lowest BCUT2D eigenvalue weighted by atomic mass is 9.98. The molecule has 1 aliphatic rings. The summed E-state index contributed by atoms with van der Waals surface area (Å²) < 4.78 is 18.4. The van der Waals surface area contributed by atoms with Crippen LogP contribution < -0.4 is 4.74 Å². The van der Waals surface area contributed by atoms with Gasteiger partial charge in [0.25, 0.3) is 0 Å². The predicted molar refractivity (Wildman–Crippen MR) is 51.9 cm³/mol. The van der Waals surface area contributed by atoms with Gasteiger partial charge in [-0.25, -0.2) is 0 Å². The third-order valence-corrected chi connectivity index (χ3v) is 2.28. The van der Waals surface area contributed by atoms with Crippen LogP contribution in [0.2, 0.25) is 0 Å². The van der Waals surface area contributed by atoms with Gasteiger partial charge < -0.3 is 4.74 Å². The van der Waals surface area contributed by atoms with Crippen LogP contribution in [0.4, 0.5) is 4.39 Å². The minimum absolute atomic E-state index is 0.168. The molecule has 0 atom stereocenters. The van der Waals surface area contributed by atoms with Crippen molar-refractivity contribution in [1.82, 2.24) is 4.98 Å². The Labute approximate surface area is 83.9 Å². The minimum atomic E-state index is -0.527. The quantitative estimate of drug-likeness (QED) is 0.533. The molecule has 1 heterocycles. The maximum Gasteiger partial charge on any atom is 0.218 e. The molecule has 0 saturated heterocycles. The Kier molecular flexibility index (Phi) is 2.70. The molecule has 1 saturated carbocycles. The van der Waals surface area contributed by atoms with Crippen LogP contribution in [0.25, 0.3) is 0 Å². The van der Waals surface area contributed by atoms with Crippen molar-refractivity contribution in [1.29, 1.82) is 0 Å². The molecule has 72 valence electrons. The normalized spacial score (nSPS) is 15.5. The molecule has 4 heteroatoms. The van der Waals surface area contributed by atoms with E-state index >= 15 is 0 Å². The molecule has 1 aromatic rings. The van der Waals surface area contributed by atoms with Crippen LogP contribution in [0.15, 0.2) is 12.1 Å². The second-order valence-corrected chi connectivity index (χ2v) is 3.56. The van der Waals surface area contributed by atoms with E-state index in [1.165, 1.54) is 12.8 Å². The second kappa shape index (κ2) is 3.99. The van der Waals surface area contributed by atoms with Crippen LogP contribution in [-0.2, 0) is 6.32 Å². The van der Waals surface area contributed by atoms with Gasteiger partial charge in [-0.2, -0.15) is 9.37 Å². The molecule has 0 amide bonds. The number of aromatic nitrogens is 1. The Bertz CT molecular complexity index is 328. The van der Waals surface area contributed by atoms with E-state index in [9.17, 15) is 4.39 Å². The van der Waals surface area contributed by atoms with Crippen molar-refractivity contribution in [3.8, 4) is 5.88 Å². The Hall–Kier alpha value is -1.06. The maximum absolute atomic E-state index is 13.1. The van der Waals surface area contributed by atoms with Gasteiger partial charge >= 0.3 is 0 Å². The van der Waals surface area contributed by atoms with Gasteiger partial charge in [0.05, 0.1) is 14.5 Å². The molecule has 0 N–H and O–H groups in total. The first kappa shape index (κ1) is 9.50. The van der Waals surface area contributed by atoms with Crippen molar-refractivity contribution in [3.63, 3.8) is 0 Å². The van der Waals surface area contributed by atoms with Crippen LogP contribution in [-0.4, -0.2) is 19.4 Å². The molecule has 1 fully saturated rings. The third-order valence-electron chi connectivity index (χ3n) is 2.28. The topological polar surface area (TPSA) is 22.1 Å². The molecule has 1 aromatic heterocycles. The lowest BCUT2D eigenvalue weighted by Crippen LogP contribution is -2.03.